The van der Waals surface area contributed by atoms with Crippen LogP contribution in [0.1, 0.15) is 26.3 Å². The van der Waals surface area contributed by atoms with Gasteiger partial charge in [0.25, 0.3) is 0 Å². The molecule has 0 amide bonds. The molecule has 1 aliphatic rings. The van der Waals surface area contributed by atoms with Crippen LogP contribution in [0.2, 0.25) is 0 Å². The zero-order valence-electron chi connectivity index (χ0n) is 18.4. The van der Waals surface area contributed by atoms with E-state index in [9.17, 15) is 0 Å². The fourth-order valence-electron chi connectivity index (χ4n) is 3.29. The van der Waals surface area contributed by atoms with Crippen LogP contribution in [0.25, 0.3) is 0 Å². The van der Waals surface area contributed by atoms with Crippen LogP contribution in [-0.2, 0) is 11.3 Å². The summed E-state index contributed by atoms with van der Waals surface area (Å²) < 4.78 is 16.6. The van der Waals surface area contributed by atoms with Gasteiger partial charge >= 0.3 is 0 Å². The van der Waals surface area contributed by atoms with E-state index >= 15 is 0 Å². The first kappa shape index (κ1) is 25.8. The predicted molar refractivity (Wildman–Crippen MR) is 129 cm³/mol. The Balaban J connectivity index is 0.00000420. The molecule has 0 radical (unpaired) electrons. The second kappa shape index (κ2) is 13.9. The van der Waals surface area contributed by atoms with Gasteiger partial charge in [-0.2, -0.15) is 0 Å². The van der Waals surface area contributed by atoms with E-state index in [-0.39, 0.29) is 30.1 Å². The molecule has 0 aliphatic carbocycles. The van der Waals surface area contributed by atoms with Crippen molar-refractivity contribution in [3.05, 3.63) is 23.8 Å². The Bertz CT molecular complexity index is 628. The lowest BCUT2D eigenvalue weighted by atomic mass is 10.2. The number of halogens is 1. The SMILES string of the molecule is CCNC(=NCc1ccc(OC)cc1OC)NCC1CN(CC(C)C)CCO1.I. The number of hydrogen-bond acceptors (Lipinski definition) is 5. The van der Waals surface area contributed by atoms with Gasteiger partial charge in [-0.05, 0) is 25.0 Å². The van der Waals surface area contributed by atoms with Crippen molar-refractivity contribution in [1.82, 2.24) is 15.5 Å². The van der Waals surface area contributed by atoms with Gasteiger partial charge in [-0.15, -0.1) is 24.0 Å². The third-order valence-electron chi connectivity index (χ3n) is 4.59. The monoisotopic (exact) mass is 520 g/mol. The summed E-state index contributed by atoms with van der Waals surface area (Å²) in [4.78, 5) is 7.18. The Morgan fingerprint density at radius 2 is 2.07 bits per heavy atom. The molecule has 0 saturated carbocycles. The summed E-state index contributed by atoms with van der Waals surface area (Å²) in [7, 11) is 3.31. The van der Waals surface area contributed by atoms with Gasteiger partial charge in [0.15, 0.2) is 5.96 Å². The molecule has 0 bridgehead atoms. The topological polar surface area (TPSA) is 67.4 Å². The van der Waals surface area contributed by atoms with Crippen LogP contribution in [0.3, 0.4) is 0 Å². The van der Waals surface area contributed by atoms with E-state index in [2.05, 4.69) is 36.3 Å². The van der Waals surface area contributed by atoms with Crippen molar-refractivity contribution < 1.29 is 14.2 Å². The maximum atomic E-state index is 5.92. The normalized spacial score (nSPS) is 17.6. The highest BCUT2D eigenvalue weighted by Crippen LogP contribution is 2.25. The van der Waals surface area contributed by atoms with E-state index in [1.165, 1.54) is 0 Å². The molecule has 7 nitrogen and oxygen atoms in total. The maximum absolute atomic E-state index is 5.92. The Kier molecular flexibility index (Phi) is 12.3. The molecule has 1 atom stereocenters. The van der Waals surface area contributed by atoms with Crippen LogP contribution in [-0.4, -0.2) is 70.5 Å². The first-order valence-corrected chi connectivity index (χ1v) is 10.1. The molecule has 1 aromatic rings. The van der Waals surface area contributed by atoms with Gasteiger partial charge in [0.2, 0.25) is 0 Å². The van der Waals surface area contributed by atoms with E-state index < -0.39 is 0 Å². The number of nitrogens with zero attached hydrogens (tertiary/aromatic N) is 2. The van der Waals surface area contributed by atoms with Gasteiger partial charge in [-0.25, -0.2) is 4.99 Å². The van der Waals surface area contributed by atoms with Gasteiger partial charge < -0.3 is 24.8 Å². The van der Waals surface area contributed by atoms with Crippen LogP contribution in [0, 0.1) is 5.92 Å². The number of methoxy groups -OCH3 is 2. The quantitative estimate of drug-likeness (QED) is 0.297. The highest BCUT2D eigenvalue weighted by Gasteiger charge is 2.21. The third kappa shape index (κ3) is 8.96. The second-order valence-electron chi connectivity index (χ2n) is 7.40. The van der Waals surface area contributed by atoms with Crippen molar-refractivity contribution >= 4 is 29.9 Å². The van der Waals surface area contributed by atoms with Crippen molar-refractivity contribution in [3.8, 4) is 11.5 Å². The van der Waals surface area contributed by atoms with Crippen LogP contribution >= 0.6 is 24.0 Å². The number of aliphatic imine (C=N–C) groups is 1. The fraction of sp³-hybridized carbons (Fsp3) is 0.667. The molecule has 1 heterocycles. The fourth-order valence-corrected chi connectivity index (χ4v) is 3.29. The summed E-state index contributed by atoms with van der Waals surface area (Å²) in [5.74, 6) is 3.00. The lowest BCUT2D eigenvalue weighted by Gasteiger charge is -2.34. The van der Waals surface area contributed by atoms with E-state index in [0.717, 1.165) is 62.4 Å². The molecule has 2 rings (SSSR count). The molecule has 0 aromatic heterocycles. The van der Waals surface area contributed by atoms with Crippen molar-refractivity contribution in [2.45, 2.75) is 33.4 Å². The molecule has 1 saturated heterocycles. The largest absolute Gasteiger partial charge is 0.497 e. The van der Waals surface area contributed by atoms with Crippen molar-refractivity contribution in [1.29, 1.82) is 0 Å². The first-order chi connectivity index (χ1) is 13.5. The number of hydrogen-bond donors (Lipinski definition) is 2. The van der Waals surface area contributed by atoms with Gasteiger partial charge in [0.05, 0.1) is 33.5 Å². The minimum absolute atomic E-state index is 0. The second-order valence-corrected chi connectivity index (χ2v) is 7.40. The Morgan fingerprint density at radius 1 is 1.28 bits per heavy atom. The summed E-state index contributed by atoms with van der Waals surface area (Å²) in [6.45, 7) is 12.5. The average molecular weight is 520 g/mol. The minimum Gasteiger partial charge on any atom is -0.497 e. The van der Waals surface area contributed by atoms with Crippen molar-refractivity contribution in [2.24, 2.45) is 10.9 Å². The van der Waals surface area contributed by atoms with Crippen LogP contribution < -0.4 is 20.1 Å². The molecule has 29 heavy (non-hydrogen) atoms. The average Bonchev–Trinajstić information content (AvgIpc) is 2.69. The summed E-state index contributed by atoms with van der Waals surface area (Å²) in [6, 6.07) is 5.79. The summed E-state index contributed by atoms with van der Waals surface area (Å²) in [5.41, 5.74) is 1.01. The molecule has 1 unspecified atom stereocenters. The number of nitrogens with one attached hydrogen (secondary N) is 2. The highest BCUT2D eigenvalue weighted by molar-refractivity contribution is 14.0. The Morgan fingerprint density at radius 3 is 2.72 bits per heavy atom. The third-order valence-corrected chi connectivity index (χ3v) is 4.59. The highest BCUT2D eigenvalue weighted by atomic mass is 127. The predicted octanol–water partition coefficient (Wildman–Crippen LogP) is 2.73. The summed E-state index contributed by atoms with van der Waals surface area (Å²) in [5, 5.41) is 6.72. The van der Waals surface area contributed by atoms with Gasteiger partial charge in [-0.1, -0.05) is 13.8 Å². The van der Waals surface area contributed by atoms with E-state index in [1.807, 2.05) is 18.2 Å². The molecule has 166 valence electrons. The molecule has 8 heteroatoms. The molecule has 0 spiro atoms. The number of morpholine rings is 1. The zero-order chi connectivity index (χ0) is 20.4. The lowest BCUT2D eigenvalue weighted by Crippen LogP contribution is -2.50. The number of rotatable bonds is 9. The Labute approximate surface area is 192 Å². The van der Waals surface area contributed by atoms with E-state index in [4.69, 9.17) is 19.2 Å². The van der Waals surface area contributed by atoms with E-state index in [1.54, 1.807) is 14.2 Å². The van der Waals surface area contributed by atoms with Crippen LogP contribution in [0.5, 0.6) is 11.5 Å². The molecule has 1 fully saturated rings. The first-order valence-electron chi connectivity index (χ1n) is 10.1. The van der Waals surface area contributed by atoms with Crippen LogP contribution in [0.15, 0.2) is 23.2 Å². The number of guanidine groups is 1. The minimum atomic E-state index is 0. The standard InChI is InChI=1S/C21H36N4O3.HI/c1-6-22-21(23-12-17-7-8-18(26-4)11-20(17)27-5)24-13-19-15-25(9-10-28-19)14-16(2)3;/h7-8,11,16,19H,6,9-10,12-15H2,1-5H3,(H2,22,23,24);1H. The molecule has 1 aliphatic heterocycles. The number of ether oxygens (including phenoxy) is 3. The van der Waals surface area contributed by atoms with Crippen molar-refractivity contribution in [2.75, 3.05) is 53.6 Å². The van der Waals surface area contributed by atoms with Crippen LogP contribution in [0.4, 0.5) is 0 Å². The Hall–Kier alpha value is -1.26. The van der Waals surface area contributed by atoms with Gasteiger partial charge in [0.1, 0.15) is 11.5 Å². The molecule has 2 N–H and O–H groups in total. The molecule has 1 aromatic carbocycles. The maximum Gasteiger partial charge on any atom is 0.191 e. The zero-order valence-corrected chi connectivity index (χ0v) is 20.7. The van der Waals surface area contributed by atoms with Gasteiger partial charge in [0, 0.05) is 44.4 Å². The summed E-state index contributed by atoms with van der Waals surface area (Å²) >= 11 is 0. The number of benzene rings is 1. The van der Waals surface area contributed by atoms with Gasteiger partial charge in [-0.3, -0.25) is 4.90 Å². The molecular weight excluding hydrogens is 483 g/mol. The van der Waals surface area contributed by atoms with Crippen molar-refractivity contribution in [3.63, 3.8) is 0 Å². The molecular formula is C21H37IN4O3. The van der Waals surface area contributed by atoms with E-state index in [0.29, 0.717) is 12.5 Å². The lowest BCUT2D eigenvalue weighted by molar-refractivity contribution is -0.0284. The smallest absolute Gasteiger partial charge is 0.191 e. The summed E-state index contributed by atoms with van der Waals surface area (Å²) in [6.07, 6.45) is 0.173.